The molecule has 1 saturated heterocycles. The fourth-order valence-electron chi connectivity index (χ4n) is 3.77. The van der Waals surface area contributed by atoms with Crippen molar-refractivity contribution in [2.45, 2.75) is 42.9 Å². The second-order valence-electron chi connectivity index (χ2n) is 8.15. The lowest BCUT2D eigenvalue weighted by Crippen LogP contribution is -2.34. The molecule has 3 heterocycles. The molecule has 13 heteroatoms. The van der Waals surface area contributed by atoms with Crippen molar-refractivity contribution in [2.24, 2.45) is 7.05 Å². The lowest BCUT2D eigenvalue weighted by atomic mass is 10.1. The summed E-state index contributed by atoms with van der Waals surface area (Å²) in [6.07, 6.45) is 0.0308. The van der Waals surface area contributed by atoms with Crippen LogP contribution in [0, 0.1) is 0 Å². The van der Waals surface area contributed by atoms with Crippen LogP contribution in [0.15, 0.2) is 23.5 Å². The van der Waals surface area contributed by atoms with Crippen molar-refractivity contribution in [1.82, 2.24) is 29.0 Å². The van der Waals surface area contributed by atoms with E-state index in [1.807, 2.05) is 7.05 Å². The molecule has 0 radical (unpaired) electrons. The average Bonchev–Trinajstić information content (AvgIpc) is 3.32. The number of anilines is 1. The SMILES string of the molecule is CN(Cc1nncn1C)c1ncc(C(F)(F)F)cc1S(=O)(=O)N(C)CCC1CCCN1C. The number of pyridine rings is 1. The van der Waals surface area contributed by atoms with Crippen molar-refractivity contribution in [3.05, 3.63) is 30.0 Å². The number of likely N-dealkylation sites (tertiary alicyclic amines) is 1. The van der Waals surface area contributed by atoms with E-state index in [1.165, 1.54) is 18.3 Å². The van der Waals surface area contributed by atoms with Crippen LogP contribution in [-0.2, 0) is 29.8 Å². The van der Waals surface area contributed by atoms with E-state index in [9.17, 15) is 21.6 Å². The predicted octanol–water partition coefficient (Wildman–Crippen LogP) is 1.97. The van der Waals surface area contributed by atoms with Crippen LogP contribution < -0.4 is 4.90 Å². The summed E-state index contributed by atoms with van der Waals surface area (Å²) >= 11 is 0. The molecular formula is C19H28F3N7O2S. The third-order valence-corrected chi connectivity index (χ3v) is 7.70. The van der Waals surface area contributed by atoms with Gasteiger partial charge in [0.25, 0.3) is 0 Å². The van der Waals surface area contributed by atoms with E-state index in [4.69, 9.17) is 0 Å². The first-order valence-electron chi connectivity index (χ1n) is 10.2. The highest BCUT2D eigenvalue weighted by molar-refractivity contribution is 7.89. The zero-order valence-electron chi connectivity index (χ0n) is 18.5. The van der Waals surface area contributed by atoms with Gasteiger partial charge in [0.15, 0.2) is 5.82 Å². The highest BCUT2D eigenvalue weighted by atomic mass is 32.2. The lowest BCUT2D eigenvalue weighted by molar-refractivity contribution is -0.138. The van der Waals surface area contributed by atoms with Gasteiger partial charge in [-0.15, -0.1) is 10.2 Å². The van der Waals surface area contributed by atoms with Crippen molar-refractivity contribution in [1.29, 1.82) is 0 Å². The number of alkyl halides is 3. The van der Waals surface area contributed by atoms with E-state index < -0.39 is 26.7 Å². The molecule has 1 aliphatic rings. The number of aromatic nitrogens is 4. The second-order valence-corrected chi connectivity index (χ2v) is 10.2. The molecule has 0 saturated carbocycles. The monoisotopic (exact) mass is 475 g/mol. The Bertz CT molecular complexity index is 1040. The Hall–Kier alpha value is -2.25. The van der Waals surface area contributed by atoms with Crippen LogP contribution >= 0.6 is 0 Å². The highest BCUT2D eigenvalue weighted by Crippen LogP contribution is 2.34. The maximum absolute atomic E-state index is 13.4. The molecule has 1 aliphatic heterocycles. The van der Waals surface area contributed by atoms with Crippen LogP contribution in [-0.4, -0.2) is 77.6 Å². The number of halogens is 3. The first-order valence-corrected chi connectivity index (χ1v) is 11.6. The highest BCUT2D eigenvalue weighted by Gasteiger charge is 2.36. The number of rotatable bonds is 8. The Kier molecular flexibility index (Phi) is 7.10. The van der Waals surface area contributed by atoms with E-state index in [0.29, 0.717) is 24.5 Å². The Morgan fingerprint density at radius 2 is 1.97 bits per heavy atom. The minimum atomic E-state index is -4.72. The summed E-state index contributed by atoms with van der Waals surface area (Å²) in [6.45, 7) is 1.27. The summed E-state index contributed by atoms with van der Waals surface area (Å²) in [5, 5.41) is 7.71. The second kappa shape index (κ2) is 9.32. The third-order valence-electron chi connectivity index (χ3n) is 5.84. The minimum Gasteiger partial charge on any atom is -0.351 e. The van der Waals surface area contributed by atoms with Crippen molar-refractivity contribution in [3.8, 4) is 0 Å². The maximum atomic E-state index is 13.4. The average molecular weight is 476 g/mol. The summed E-state index contributed by atoms with van der Waals surface area (Å²) in [5.74, 6) is 0.431. The van der Waals surface area contributed by atoms with Gasteiger partial charge in [-0.3, -0.25) is 0 Å². The van der Waals surface area contributed by atoms with E-state index in [0.717, 1.165) is 23.7 Å². The van der Waals surface area contributed by atoms with Gasteiger partial charge in [-0.25, -0.2) is 17.7 Å². The zero-order valence-corrected chi connectivity index (χ0v) is 19.4. The van der Waals surface area contributed by atoms with Crippen LogP contribution in [0.1, 0.15) is 30.7 Å². The third kappa shape index (κ3) is 5.21. The van der Waals surface area contributed by atoms with Gasteiger partial charge in [0, 0.05) is 39.9 Å². The van der Waals surface area contributed by atoms with E-state index in [-0.39, 0.29) is 24.9 Å². The predicted molar refractivity (Wildman–Crippen MR) is 112 cm³/mol. The molecule has 178 valence electrons. The molecule has 9 nitrogen and oxygen atoms in total. The van der Waals surface area contributed by atoms with Crippen LogP contribution in [0.25, 0.3) is 0 Å². The van der Waals surface area contributed by atoms with Crippen LogP contribution in [0.2, 0.25) is 0 Å². The van der Waals surface area contributed by atoms with Crippen molar-refractivity contribution >= 4 is 15.8 Å². The number of nitrogens with zero attached hydrogens (tertiary/aromatic N) is 7. The molecule has 2 aromatic rings. The van der Waals surface area contributed by atoms with E-state index >= 15 is 0 Å². The summed E-state index contributed by atoms with van der Waals surface area (Å²) < 4.78 is 69.5. The number of aryl methyl sites for hydroxylation is 1. The Balaban J connectivity index is 1.92. The fraction of sp³-hybridized carbons (Fsp3) is 0.632. The molecule has 0 N–H and O–H groups in total. The van der Waals surface area contributed by atoms with Crippen LogP contribution in [0.3, 0.4) is 0 Å². The van der Waals surface area contributed by atoms with Crippen LogP contribution in [0.4, 0.5) is 19.0 Å². The van der Waals surface area contributed by atoms with E-state index in [1.54, 1.807) is 18.7 Å². The number of sulfonamides is 1. The number of hydrogen-bond donors (Lipinski definition) is 0. The summed E-state index contributed by atoms with van der Waals surface area (Å²) in [6, 6.07) is 0.911. The van der Waals surface area contributed by atoms with Gasteiger partial charge in [-0.2, -0.15) is 13.2 Å². The summed E-state index contributed by atoms with van der Waals surface area (Å²) in [5.41, 5.74) is -1.11. The molecule has 32 heavy (non-hydrogen) atoms. The Morgan fingerprint density at radius 3 is 2.53 bits per heavy atom. The smallest absolute Gasteiger partial charge is 0.351 e. The van der Waals surface area contributed by atoms with E-state index in [2.05, 4.69) is 20.1 Å². The van der Waals surface area contributed by atoms with Gasteiger partial charge in [0.2, 0.25) is 10.0 Å². The van der Waals surface area contributed by atoms with Gasteiger partial charge < -0.3 is 14.4 Å². The first kappa shape index (κ1) is 24.4. The molecule has 3 rings (SSSR count). The molecule has 0 aliphatic carbocycles. The quantitative estimate of drug-likeness (QED) is 0.577. The van der Waals surface area contributed by atoms with Crippen molar-refractivity contribution in [2.75, 3.05) is 39.1 Å². The summed E-state index contributed by atoms with van der Waals surface area (Å²) in [4.78, 5) is 7.03. The van der Waals surface area contributed by atoms with Gasteiger partial charge in [0.1, 0.15) is 17.0 Å². The topological polar surface area (TPSA) is 87.5 Å². The molecule has 0 bridgehead atoms. The maximum Gasteiger partial charge on any atom is 0.417 e. The standard InChI is InChI=1S/C19H28F3N7O2S/c1-26-8-5-6-15(26)7-9-29(4)32(30,31)16-10-14(19(20,21)22)11-23-18(16)27(2)12-17-25-24-13-28(17)3/h10-11,13,15H,5-9,12H2,1-4H3. The molecule has 0 amide bonds. The first-order chi connectivity index (χ1) is 14.9. The van der Waals surface area contributed by atoms with Gasteiger partial charge in [0.05, 0.1) is 12.1 Å². The summed E-state index contributed by atoms with van der Waals surface area (Å²) in [7, 11) is 2.42. The largest absolute Gasteiger partial charge is 0.417 e. The molecule has 2 aromatic heterocycles. The molecule has 1 atom stereocenters. The van der Waals surface area contributed by atoms with Crippen molar-refractivity contribution in [3.63, 3.8) is 0 Å². The molecule has 0 spiro atoms. The Labute approximate surface area is 185 Å². The normalized spacial score (nSPS) is 17.9. The lowest BCUT2D eigenvalue weighted by Gasteiger charge is -2.26. The molecular weight excluding hydrogens is 447 g/mol. The molecule has 0 aromatic carbocycles. The van der Waals surface area contributed by atoms with Gasteiger partial charge in [-0.05, 0) is 38.9 Å². The minimum absolute atomic E-state index is 0.0779. The molecule has 1 unspecified atom stereocenters. The van der Waals surface area contributed by atoms with Gasteiger partial charge >= 0.3 is 6.18 Å². The fourth-order valence-corrected chi connectivity index (χ4v) is 5.17. The Morgan fingerprint density at radius 1 is 1.25 bits per heavy atom. The number of hydrogen-bond acceptors (Lipinski definition) is 7. The van der Waals surface area contributed by atoms with Crippen LogP contribution in [0.5, 0.6) is 0 Å². The molecule has 1 fully saturated rings. The van der Waals surface area contributed by atoms with Crippen molar-refractivity contribution < 1.29 is 21.6 Å². The van der Waals surface area contributed by atoms with Gasteiger partial charge in [-0.1, -0.05) is 0 Å². The zero-order chi connectivity index (χ0) is 23.7.